The van der Waals surface area contributed by atoms with Crippen molar-refractivity contribution in [2.24, 2.45) is 0 Å². The number of carbonyl (C=O) groups excluding carboxylic acids is 1. The van der Waals surface area contributed by atoms with E-state index in [0.29, 0.717) is 12.1 Å². The number of nitrogens with one attached hydrogen (secondary N) is 1. The molecule has 1 amide bonds. The first-order valence-electron chi connectivity index (χ1n) is 8.95. The molecule has 0 atom stereocenters. The summed E-state index contributed by atoms with van der Waals surface area (Å²) in [6.07, 6.45) is 0.307. The number of carbonyl (C=O) groups is 2. The van der Waals surface area contributed by atoms with E-state index in [4.69, 9.17) is 5.11 Å². The number of hydrogen-bond donors (Lipinski definition) is 2. The smallest absolute Gasteiger partial charge is 0.303 e. The number of hydrogen-bond acceptors (Lipinski definition) is 2. The first kappa shape index (κ1) is 19.4. The summed E-state index contributed by atoms with van der Waals surface area (Å²) in [6.45, 7) is 2.03. The number of benzene rings is 2. The van der Waals surface area contributed by atoms with Crippen LogP contribution in [0.25, 0.3) is 11.3 Å². The molecule has 0 unspecified atom stereocenters. The number of amides is 1. The molecule has 0 aliphatic heterocycles. The maximum atomic E-state index is 13.0. The highest BCUT2D eigenvalue weighted by atomic mass is 19.1. The van der Waals surface area contributed by atoms with Crippen LogP contribution in [0.1, 0.15) is 17.7 Å². The van der Waals surface area contributed by atoms with Crippen LogP contribution < -0.4 is 5.32 Å². The molecular weight excluding hydrogens is 359 g/mol. The van der Waals surface area contributed by atoms with Crippen molar-refractivity contribution in [2.45, 2.75) is 26.3 Å². The van der Waals surface area contributed by atoms with Crippen LogP contribution in [0.5, 0.6) is 0 Å². The monoisotopic (exact) mass is 380 g/mol. The molecule has 144 valence electrons. The van der Waals surface area contributed by atoms with Crippen molar-refractivity contribution in [3.05, 3.63) is 77.7 Å². The fourth-order valence-electron chi connectivity index (χ4n) is 3.00. The lowest BCUT2D eigenvalue weighted by Crippen LogP contribution is -2.21. The van der Waals surface area contributed by atoms with Gasteiger partial charge in [0.15, 0.2) is 0 Å². The number of rotatable bonds is 7. The Balaban J connectivity index is 1.86. The maximum absolute atomic E-state index is 13.0. The number of aryl methyl sites for hydroxylation is 2. The van der Waals surface area contributed by atoms with Gasteiger partial charge >= 0.3 is 5.97 Å². The van der Waals surface area contributed by atoms with Crippen LogP contribution in [-0.2, 0) is 22.6 Å². The molecule has 3 aromatic rings. The summed E-state index contributed by atoms with van der Waals surface area (Å²) in [5.41, 5.74) is 4.19. The normalized spacial score (nSPS) is 10.6. The summed E-state index contributed by atoms with van der Waals surface area (Å²) in [4.78, 5) is 23.5. The van der Waals surface area contributed by atoms with Gasteiger partial charge in [-0.1, -0.05) is 29.8 Å². The highest BCUT2D eigenvalue weighted by Crippen LogP contribution is 2.24. The Morgan fingerprint density at radius 1 is 1.00 bits per heavy atom. The van der Waals surface area contributed by atoms with Crippen molar-refractivity contribution < 1.29 is 19.1 Å². The van der Waals surface area contributed by atoms with E-state index in [1.807, 2.05) is 47.9 Å². The Kier molecular flexibility index (Phi) is 5.89. The van der Waals surface area contributed by atoms with E-state index in [-0.39, 0.29) is 24.7 Å². The van der Waals surface area contributed by atoms with E-state index in [1.54, 1.807) is 0 Å². The minimum absolute atomic E-state index is 0.0169. The SMILES string of the molecule is Cc1ccc(-c2ccc(CCC(=O)O)n2CC(=O)Nc2ccc(F)cc2)cc1. The summed E-state index contributed by atoms with van der Waals surface area (Å²) < 4.78 is 14.9. The van der Waals surface area contributed by atoms with E-state index in [1.165, 1.54) is 24.3 Å². The first-order valence-corrected chi connectivity index (χ1v) is 8.95. The number of anilines is 1. The first-order chi connectivity index (χ1) is 13.4. The lowest BCUT2D eigenvalue weighted by atomic mass is 10.1. The predicted molar refractivity (Wildman–Crippen MR) is 106 cm³/mol. The minimum atomic E-state index is -0.889. The quantitative estimate of drug-likeness (QED) is 0.643. The molecule has 2 aromatic carbocycles. The van der Waals surface area contributed by atoms with E-state index < -0.39 is 5.97 Å². The second-order valence-corrected chi connectivity index (χ2v) is 6.61. The van der Waals surface area contributed by atoms with Crippen LogP contribution in [0.15, 0.2) is 60.7 Å². The number of carboxylic acid groups (broad SMARTS) is 1. The lowest BCUT2D eigenvalue weighted by molar-refractivity contribution is -0.137. The molecule has 5 nitrogen and oxygen atoms in total. The summed E-state index contributed by atoms with van der Waals surface area (Å²) >= 11 is 0. The Morgan fingerprint density at radius 2 is 1.68 bits per heavy atom. The molecule has 0 saturated carbocycles. The Hall–Kier alpha value is -3.41. The van der Waals surface area contributed by atoms with Crippen molar-refractivity contribution in [3.63, 3.8) is 0 Å². The van der Waals surface area contributed by atoms with E-state index >= 15 is 0 Å². The van der Waals surface area contributed by atoms with Crippen LogP contribution in [0.2, 0.25) is 0 Å². The molecule has 6 heteroatoms. The van der Waals surface area contributed by atoms with E-state index in [2.05, 4.69) is 5.32 Å². The summed E-state index contributed by atoms with van der Waals surface area (Å²) in [6, 6.07) is 17.2. The third kappa shape index (κ3) is 4.85. The van der Waals surface area contributed by atoms with Crippen LogP contribution in [0, 0.1) is 12.7 Å². The van der Waals surface area contributed by atoms with Gasteiger partial charge in [-0.3, -0.25) is 9.59 Å². The van der Waals surface area contributed by atoms with Crippen molar-refractivity contribution in [3.8, 4) is 11.3 Å². The van der Waals surface area contributed by atoms with Gasteiger partial charge in [-0.2, -0.15) is 0 Å². The Bertz CT molecular complexity index is 976. The predicted octanol–water partition coefficient (Wildman–Crippen LogP) is 4.26. The second-order valence-electron chi connectivity index (χ2n) is 6.61. The van der Waals surface area contributed by atoms with E-state index in [9.17, 15) is 14.0 Å². The highest BCUT2D eigenvalue weighted by molar-refractivity contribution is 5.91. The average molecular weight is 380 g/mol. The molecule has 1 aromatic heterocycles. The van der Waals surface area contributed by atoms with Crippen molar-refractivity contribution in [1.29, 1.82) is 0 Å². The molecule has 0 radical (unpaired) electrons. The molecule has 0 aliphatic carbocycles. The number of aliphatic carboxylic acids is 1. The molecule has 2 N–H and O–H groups in total. The molecule has 0 saturated heterocycles. The molecule has 1 heterocycles. The molecular formula is C22H21FN2O3. The van der Waals surface area contributed by atoms with Crippen LogP contribution in [-0.4, -0.2) is 21.6 Å². The second kappa shape index (κ2) is 8.52. The van der Waals surface area contributed by atoms with Crippen molar-refractivity contribution in [2.75, 3.05) is 5.32 Å². The maximum Gasteiger partial charge on any atom is 0.303 e. The zero-order valence-electron chi connectivity index (χ0n) is 15.5. The number of nitrogens with zero attached hydrogens (tertiary/aromatic N) is 1. The summed E-state index contributed by atoms with van der Waals surface area (Å²) in [7, 11) is 0. The molecule has 0 bridgehead atoms. The van der Waals surface area contributed by atoms with Gasteiger partial charge in [-0.25, -0.2) is 4.39 Å². The van der Waals surface area contributed by atoms with E-state index in [0.717, 1.165) is 22.5 Å². The molecule has 0 spiro atoms. The third-order valence-electron chi connectivity index (χ3n) is 4.44. The molecule has 28 heavy (non-hydrogen) atoms. The topological polar surface area (TPSA) is 71.3 Å². The standard InChI is InChI=1S/C22H21FN2O3/c1-15-2-4-16(5-3-15)20-12-10-19(11-13-22(27)28)25(20)14-21(26)24-18-8-6-17(23)7-9-18/h2-10,12H,11,13-14H2,1H3,(H,24,26)(H,27,28). The molecule has 3 rings (SSSR count). The fraction of sp³-hybridized carbons (Fsp3) is 0.182. The Morgan fingerprint density at radius 3 is 2.32 bits per heavy atom. The lowest BCUT2D eigenvalue weighted by Gasteiger charge is -2.14. The highest BCUT2D eigenvalue weighted by Gasteiger charge is 2.14. The summed E-state index contributed by atoms with van der Waals surface area (Å²) in [5, 5.41) is 11.7. The molecule has 0 fully saturated rings. The van der Waals surface area contributed by atoms with Gasteiger partial charge in [0.1, 0.15) is 12.4 Å². The van der Waals surface area contributed by atoms with Crippen LogP contribution in [0.3, 0.4) is 0 Å². The van der Waals surface area contributed by atoms with Crippen molar-refractivity contribution in [1.82, 2.24) is 4.57 Å². The summed E-state index contributed by atoms with van der Waals surface area (Å²) in [5.74, 6) is -1.53. The average Bonchev–Trinajstić information content (AvgIpc) is 3.05. The zero-order chi connectivity index (χ0) is 20.1. The minimum Gasteiger partial charge on any atom is -0.481 e. The third-order valence-corrected chi connectivity index (χ3v) is 4.44. The molecule has 0 aliphatic rings. The van der Waals surface area contributed by atoms with Gasteiger partial charge in [0.05, 0.1) is 6.42 Å². The number of aromatic nitrogens is 1. The Labute approximate surface area is 162 Å². The number of halogens is 1. The zero-order valence-corrected chi connectivity index (χ0v) is 15.5. The number of carboxylic acids is 1. The fourth-order valence-corrected chi connectivity index (χ4v) is 3.00. The van der Waals surface area contributed by atoms with Gasteiger partial charge in [0.25, 0.3) is 0 Å². The largest absolute Gasteiger partial charge is 0.481 e. The van der Waals surface area contributed by atoms with Crippen LogP contribution >= 0.6 is 0 Å². The van der Waals surface area contributed by atoms with Crippen molar-refractivity contribution >= 4 is 17.6 Å². The van der Waals surface area contributed by atoms with Crippen LogP contribution in [0.4, 0.5) is 10.1 Å². The van der Waals surface area contributed by atoms with Gasteiger partial charge in [-0.15, -0.1) is 0 Å². The van der Waals surface area contributed by atoms with Gasteiger partial charge in [-0.05, 0) is 55.3 Å². The van der Waals surface area contributed by atoms with Gasteiger partial charge in [0, 0.05) is 17.1 Å². The van der Waals surface area contributed by atoms with Gasteiger partial charge < -0.3 is 15.0 Å². The van der Waals surface area contributed by atoms with Gasteiger partial charge in [0.2, 0.25) is 5.91 Å².